The quantitative estimate of drug-likeness (QED) is 0.860. The van der Waals surface area contributed by atoms with E-state index >= 15 is 0 Å². The molecule has 1 heterocycles. The van der Waals surface area contributed by atoms with Gasteiger partial charge in [-0.3, -0.25) is 4.68 Å². The Morgan fingerprint density at radius 3 is 2.47 bits per heavy atom. The SMILES string of the molecule is Cc1cccc(C(O)c2cnn(C)c2C)c1C. The third kappa shape index (κ3) is 1.98. The molecule has 1 N–H and O–H groups in total. The number of aliphatic hydroxyl groups excluding tert-OH is 1. The van der Waals surface area contributed by atoms with Gasteiger partial charge < -0.3 is 5.11 Å². The highest BCUT2D eigenvalue weighted by atomic mass is 16.3. The number of benzene rings is 1. The van der Waals surface area contributed by atoms with Crippen molar-refractivity contribution in [2.75, 3.05) is 0 Å². The van der Waals surface area contributed by atoms with Crippen LogP contribution in [0.15, 0.2) is 24.4 Å². The highest BCUT2D eigenvalue weighted by Gasteiger charge is 2.17. The predicted molar refractivity (Wildman–Crippen MR) is 67.9 cm³/mol. The van der Waals surface area contributed by atoms with Crippen LogP contribution in [0.1, 0.15) is 34.1 Å². The molecule has 17 heavy (non-hydrogen) atoms. The summed E-state index contributed by atoms with van der Waals surface area (Å²) in [7, 11) is 1.88. The summed E-state index contributed by atoms with van der Waals surface area (Å²) < 4.78 is 1.78. The topological polar surface area (TPSA) is 38.1 Å². The minimum absolute atomic E-state index is 0.594. The first kappa shape index (κ1) is 11.9. The highest BCUT2D eigenvalue weighted by Crippen LogP contribution is 2.27. The van der Waals surface area contributed by atoms with Crippen LogP contribution in [0.2, 0.25) is 0 Å². The number of aliphatic hydroxyl groups is 1. The second-order valence-electron chi connectivity index (χ2n) is 4.50. The fourth-order valence-electron chi connectivity index (χ4n) is 2.02. The van der Waals surface area contributed by atoms with Crippen molar-refractivity contribution in [3.63, 3.8) is 0 Å². The minimum atomic E-state index is -0.594. The van der Waals surface area contributed by atoms with Gasteiger partial charge in [-0.1, -0.05) is 18.2 Å². The summed E-state index contributed by atoms with van der Waals surface area (Å²) in [6.45, 7) is 6.07. The number of hydrogen-bond acceptors (Lipinski definition) is 2. The van der Waals surface area contributed by atoms with Crippen LogP contribution in [-0.2, 0) is 7.05 Å². The molecule has 0 radical (unpaired) electrons. The minimum Gasteiger partial charge on any atom is -0.384 e. The van der Waals surface area contributed by atoms with E-state index < -0.39 is 6.10 Å². The van der Waals surface area contributed by atoms with Gasteiger partial charge in [-0.05, 0) is 37.5 Å². The summed E-state index contributed by atoms with van der Waals surface area (Å²) in [5.74, 6) is 0. The number of rotatable bonds is 2. The monoisotopic (exact) mass is 230 g/mol. The number of aryl methyl sites for hydroxylation is 2. The van der Waals surface area contributed by atoms with Gasteiger partial charge in [0.1, 0.15) is 6.10 Å². The van der Waals surface area contributed by atoms with Crippen molar-refractivity contribution in [2.45, 2.75) is 26.9 Å². The van der Waals surface area contributed by atoms with Crippen LogP contribution >= 0.6 is 0 Å². The van der Waals surface area contributed by atoms with Crippen LogP contribution in [0.4, 0.5) is 0 Å². The summed E-state index contributed by atoms with van der Waals surface area (Å²) in [5, 5.41) is 14.6. The van der Waals surface area contributed by atoms with Gasteiger partial charge >= 0.3 is 0 Å². The zero-order valence-corrected chi connectivity index (χ0v) is 10.7. The molecule has 3 heteroatoms. The molecule has 3 nitrogen and oxygen atoms in total. The second kappa shape index (κ2) is 4.34. The van der Waals surface area contributed by atoms with Crippen LogP contribution < -0.4 is 0 Å². The summed E-state index contributed by atoms with van der Waals surface area (Å²) in [6.07, 6.45) is 1.14. The standard InChI is InChI=1S/C14H18N2O/c1-9-6-5-7-12(10(9)2)14(17)13-8-15-16(4)11(13)3/h5-8,14,17H,1-4H3. The predicted octanol–water partition coefficient (Wildman–Crippen LogP) is 2.43. The maximum atomic E-state index is 10.4. The number of hydrogen-bond donors (Lipinski definition) is 1. The summed E-state index contributed by atoms with van der Waals surface area (Å²) in [6, 6.07) is 6.01. The molecule has 1 aromatic carbocycles. The molecular formula is C14H18N2O. The van der Waals surface area contributed by atoms with Crippen molar-refractivity contribution in [1.29, 1.82) is 0 Å². The van der Waals surface area contributed by atoms with Crippen molar-refractivity contribution >= 4 is 0 Å². The number of nitrogens with zero attached hydrogens (tertiary/aromatic N) is 2. The van der Waals surface area contributed by atoms with Crippen LogP contribution in [0.3, 0.4) is 0 Å². The molecule has 2 aromatic rings. The molecule has 0 fully saturated rings. The lowest BCUT2D eigenvalue weighted by Crippen LogP contribution is -2.04. The van der Waals surface area contributed by atoms with Crippen LogP contribution in [-0.4, -0.2) is 14.9 Å². The molecule has 0 saturated heterocycles. The van der Waals surface area contributed by atoms with E-state index in [1.54, 1.807) is 10.9 Å². The maximum Gasteiger partial charge on any atom is 0.108 e. The molecule has 90 valence electrons. The molecule has 1 aromatic heterocycles. The van der Waals surface area contributed by atoms with Crippen molar-refractivity contribution in [1.82, 2.24) is 9.78 Å². The molecule has 0 aliphatic carbocycles. The Balaban J connectivity index is 2.47. The zero-order chi connectivity index (χ0) is 12.6. The largest absolute Gasteiger partial charge is 0.384 e. The molecule has 1 atom stereocenters. The average Bonchev–Trinajstić information content (AvgIpc) is 2.63. The molecule has 0 aliphatic rings. The van der Waals surface area contributed by atoms with Gasteiger partial charge in [0.25, 0.3) is 0 Å². The van der Waals surface area contributed by atoms with Crippen molar-refractivity contribution in [2.24, 2.45) is 7.05 Å². The third-order valence-electron chi connectivity index (χ3n) is 3.51. The lowest BCUT2D eigenvalue weighted by molar-refractivity contribution is 0.218. The fraction of sp³-hybridized carbons (Fsp3) is 0.357. The molecule has 0 saturated carbocycles. The highest BCUT2D eigenvalue weighted by molar-refractivity contribution is 5.39. The second-order valence-corrected chi connectivity index (χ2v) is 4.50. The first-order valence-electron chi connectivity index (χ1n) is 5.75. The lowest BCUT2D eigenvalue weighted by atomic mass is 9.95. The van der Waals surface area contributed by atoms with Gasteiger partial charge in [-0.15, -0.1) is 0 Å². The smallest absolute Gasteiger partial charge is 0.108 e. The van der Waals surface area contributed by atoms with E-state index in [9.17, 15) is 5.11 Å². The van der Waals surface area contributed by atoms with E-state index in [-0.39, 0.29) is 0 Å². The van der Waals surface area contributed by atoms with E-state index in [0.29, 0.717) is 0 Å². The van der Waals surface area contributed by atoms with E-state index in [1.807, 2.05) is 33.0 Å². The van der Waals surface area contributed by atoms with Crippen molar-refractivity contribution in [3.05, 3.63) is 52.3 Å². The summed E-state index contributed by atoms with van der Waals surface area (Å²) >= 11 is 0. The molecule has 0 spiro atoms. The van der Waals surface area contributed by atoms with E-state index in [4.69, 9.17) is 0 Å². The van der Waals surface area contributed by atoms with Gasteiger partial charge in [0, 0.05) is 18.3 Å². The Labute approximate surface area is 102 Å². The number of aromatic nitrogens is 2. The van der Waals surface area contributed by atoms with Crippen LogP contribution in [0.25, 0.3) is 0 Å². The molecule has 2 rings (SSSR count). The maximum absolute atomic E-state index is 10.4. The fourth-order valence-corrected chi connectivity index (χ4v) is 2.02. The lowest BCUT2D eigenvalue weighted by Gasteiger charge is -2.15. The molecule has 1 unspecified atom stereocenters. The van der Waals surface area contributed by atoms with Gasteiger partial charge in [-0.2, -0.15) is 5.10 Å². The van der Waals surface area contributed by atoms with Gasteiger partial charge in [0.05, 0.1) is 6.20 Å². The zero-order valence-electron chi connectivity index (χ0n) is 10.7. The summed E-state index contributed by atoms with van der Waals surface area (Å²) in [4.78, 5) is 0. The summed E-state index contributed by atoms with van der Waals surface area (Å²) in [5.41, 5.74) is 5.17. The Morgan fingerprint density at radius 1 is 1.18 bits per heavy atom. The Bertz CT molecular complexity index is 543. The van der Waals surface area contributed by atoms with Gasteiger partial charge in [0.2, 0.25) is 0 Å². The average molecular weight is 230 g/mol. The van der Waals surface area contributed by atoms with Crippen LogP contribution in [0, 0.1) is 20.8 Å². The first-order chi connectivity index (χ1) is 8.02. The molecule has 0 bridgehead atoms. The van der Waals surface area contributed by atoms with E-state index in [2.05, 4.69) is 18.1 Å². The third-order valence-corrected chi connectivity index (χ3v) is 3.51. The normalized spacial score (nSPS) is 12.8. The van der Waals surface area contributed by atoms with Gasteiger partial charge in [0.15, 0.2) is 0 Å². The Kier molecular flexibility index (Phi) is 3.03. The molecular weight excluding hydrogens is 212 g/mol. The van der Waals surface area contributed by atoms with Crippen LogP contribution in [0.5, 0.6) is 0 Å². The molecule has 0 amide bonds. The van der Waals surface area contributed by atoms with Gasteiger partial charge in [-0.25, -0.2) is 0 Å². The molecule has 0 aliphatic heterocycles. The van der Waals surface area contributed by atoms with Crippen molar-refractivity contribution in [3.8, 4) is 0 Å². The Morgan fingerprint density at radius 2 is 1.88 bits per heavy atom. The van der Waals surface area contributed by atoms with E-state index in [0.717, 1.165) is 22.4 Å². The Hall–Kier alpha value is -1.61. The van der Waals surface area contributed by atoms with E-state index in [1.165, 1.54) is 5.56 Å². The van der Waals surface area contributed by atoms with Crippen molar-refractivity contribution < 1.29 is 5.11 Å². The first-order valence-corrected chi connectivity index (χ1v) is 5.75.